The fourth-order valence-electron chi connectivity index (χ4n) is 2.69. The molecule has 120 valence electrons. The summed E-state index contributed by atoms with van der Waals surface area (Å²) in [6, 6.07) is 5.36. The molecule has 1 fully saturated rings. The van der Waals surface area contributed by atoms with Crippen molar-refractivity contribution in [3.63, 3.8) is 0 Å². The van der Waals surface area contributed by atoms with E-state index in [1.165, 1.54) is 6.20 Å². The maximum atomic E-state index is 12.5. The average molecular weight is 332 g/mol. The molecular weight excluding hydrogens is 314 g/mol. The van der Waals surface area contributed by atoms with E-state index in [4.69, 9.17) is 11.6 Å². The second-order valence-corrected chi connectivity index (χ2v) is 6.09. The lowest BCUT2D eigenvalue weighted by molar-refractivity contribution is -0.120. The third kappa shape index (κ3) is 3.96. The van der Waals surface area contributed by atoms with Crippen LogP contribution in [0.2, 0.25) is 5.02 Å². The first-order valence-corrected chi connectivity index (χ1v) is 7.95. The third-order valence-electron chi connectivity index (χ3n) is 3.88. The number of hydrogen-bond acceptors (Lipinski definition) is 5. The molecule has 2 aromatic rings. The van der Waals surface area contributed by atoms with Gasteiger partial charge in [-0.3, -0.25) is 4.79 Å². The van der Waals surface area contributed by atoms with Crippen LogP contribution in [-0.4, -0.2) is 33.9 Å². The molecule has 1 atom stereocenters. The standard InChI is InChI=1S/C16H18ClN5O/c1-11-7-15(20-10-19-11)22-6-2-3-12(9-22)16(23)21-14-5-4-13(17)8-18-14/h4-5,7-8,10,12H,2-3,6,9H2,1H3,(H,18,21,23). The molecule has 0 aliphatic carbocycles. The predicted molar refractivity (Wildman–Crippen MR) is 89.6 cm³/mol. The Morgan fingerprint density at radius 2 is 2.22 bits per heavy atom. The van der Waals surface area contributed by atoms with Gasteiger partial charge in [-0.1, -0.05) is 11.6 Å². The Hall–Kier alpha value is -2.21. The normalized spacial score (nSPS) is 17.8. The van der Waals surface area contributed by atoms with E-state index in [9.17, 15) is 4.79 Å². The summed E-state index contributed by atoms with van der Waals surface area (Å²) in [6.07, 6.45) is 4.90. The van der Waals surface area contributed by atoms with Gasteiger partial charge in [0.2, 0.25) is 5.91 Å². The first kappa shape index (κ1) is 15.7. The van der Waals surface area contributed by atoms with E-state index in [-0.39, 0.29) is 11.8 Å². The SMILES string of the molecule is Cc1cc(N2CCCC(C(=O)Nc3ccc(Cl)cn3)C2)ncn1. The molecule has 7 heteroatoms. The Labute approximate surface area is 139 Å². The molecule has 2 aromatic heterocycles. The lowest BCUT2D eigenvalue weighted by Gasteiger charge is -2.32. The van der Waals surface area contributed by atoms with Crippen LogP contribution in [0.5, 0.6) is 0 Å². The second-order valence-electron chi connectivity index (χ2n) is 5.65. The van der Waals surface area contributed by atoms with Gasteiger partial charge in [-0.25, -0.2) is 15.0 Å². The molecule has 3 heterocycles. The van der Waals surface area contributed by atoms with Crippen molar-refractivity contribution in [3.8, 4) is 0 Å². The van der Waals surface area contributed by atoms with Gasteiger partial charge in [-0.15, -0.1) is 0 Å². The highest BCUT2D eigenvalue weighted by Gasteiger charge is 2.26. The summed E-state index contributed by atoms with van der Waals surface area (Å²) in [6.45, 7) is 3.49. The lowest BCUT2D eigenvalue weighted by atomic mass is 9.97. The average Bonchev–Trinajstić information content (AvgIpc) is 2.57. The molecule has 0 aromatic carbocycles. The van der Waals surface area contributed by atoms with E-state index in [0.29, 0.717) is 17.4 Å². The number of pyridine rings is 1. The lowest BCUT2D eigenvalue weighted by Crippen LogP contribution is -2.41. The van der Waals surface area contributed by atoms with Crippen LogP contribution in [0.15, 0.2) is 30.7 Å². The summed E-state index contributed by atoms with van der Waals surface area (Å²) in [5, 5.41) is 3.40. The predicted octanol–water partition coefficient (Wildman–Crippen LogP) is 2.69. The monoisotopic (exact) mass is 331 g/mol. The van der Waals surface area contributed by atoms with Crippen LogP contribution in [0.3, 0.4) is 0 Å². The third-order valence-corrected chi connectivity index (χ3v) is 4.11. The van der Waals surface area contributed by atoms with Crippen molar-refractivity contribution in [1.82, 2.24) is 15.0 Å². The van der Waals surface area contributed by atoms with Gasteiger partial charge in [-0.05, 0) is 31.9 Å². The van der Waals surface area contributed by atoms with E-state index in [2.05, 4.69) is 25.2 Å². The van der Waals surface area contributed by atoms with E-state index in [0.717, 1.165) is 30.9 Å². The second kappa shape index (κ2) is 6.91. The first-order chi connectivity index (χ1) is 11.1. The van der Waals surface area contributed by atoms with Crippen molar-refractivity contribution in [2.45, 2.75) is 19.8 Å². The molecule has 0 bridgehead atoms. The molecule has 1 aliphatic heterocycles. The quantitative estimate of drug-likeness (QED) is 0.936. The van der Waals surface area contributed by atoms with Crippen molar-refractivity contribution >= 4 is 29.1 Å². The van der Waals surface area contributed by atoms with Crippen molar-refractivity contribution < 1.29 is 4.79 Å². The molecular formula is C16H18ClN5O. The van der Waals surface area contributed by atoms with Crippen LogP contribution in [-0.2, 0) is 4.79 Å². The molecule has 1 aliphatic rings. The Kier molecular flexibility index (Phi) is 4.71. The molecule has 23 heavy (non-hydrogen) atoms. The molecule has 1 amide bonds. The molecule has 0 spiro atoms. The Morgan fingerprint density at radius 1 is 1.35 bits per heavy atom. The number of hydrogen-bond donors (Lipinski definition) is 1. The van der Waals surface area contributed by atoms with Gasteiger partial charge in [-0.2, -0.15) is 0 Å². The summed E-state index contributed by atoms with van der Waals surface area (Å²) < 4.78 is 0. The molecule has 3 rings (SSSR count). The van der Waals surface area contributed by atoms with Crippen molar-refractivity contribution in [1.29, 1.82) is 0 Å². The van der Waals surface area contributed by atoms with Crippen LogP contribution in [0.4, 0.5) is 11.6 Å². The van der Waals surface area contributed by atoms with Crippen molar-refractivity contribution in [2.24, 2.45) is 5.92 Å². The smallest absolute Gasteiger partial charge is 0.230 e. The number of rotatable bonds is 3. The first-order valence-electron chi connectivity index (χ1n) is 7.58. The van der Waals surface area contributed by atoms with Gasteiger partial charge in [0.05, 0.1) is 10.9 Å². The van der Waals surface area contributed by atoms with E-state index < -0.39 is 0 Å². The molecule has 6 nitrogen and oxygen atoms in total. The van der Waals surface area contributed by atoms with Crippen LogP contribution in [0.1, 0.15) is 18.5 Å². The van der Waals surface area contributed by atoms with E-state index >= 15 is 0 Å². The summed E-state index contributed by atoms with van der Waals surface area (Å²) in [4.78, 5) is 27.1. The number of nitrogens with zero attached hydrogens (tertiary/aromatic N) is 4. The number of aromatic nitrogens is 3. The highest BCUT2D eigenvalue weighted by molar-refractivity contribution is 6.30. The van der Waals surface area contributed by atoms with Crippen LogP contribution in [0, 0.1) is 12.8 Å². The molecule has 1 saturated heterocycles. The Morgan fingerprint density at radius 3 is 2.96 bits per heavy atom. The van der Waals surface area contributed by atoms with Gasteiger partial charge >= 0.3 is 0 Å². The topological polar surface area (TPSA) is 71.0 Å². The zero-order valence-corrected chi connectivity index (χ0v) is 13.6. The molecule has 0 radical (unpaired) electrons. The minimum absolute atomic E-state index is 0.0182. The molecule has 1 unspecified atom stereocenters. The van der Waals surface area contributed by atoms with Crippen LogP contribution < -0.4 is 10.2 Å². The fourth-order valence-corrected chi connectivity index (χ4v) is 2.80. The number of halogens is 1. The van der Waals surface area contributed by atoms with Gasteiger partial charge in [0.1, 0.15) is 18.0 Å². The number of carbonyl (C=O) groups is 1. The maximum Gasteiger partial charge on any atom is 0.230 e. The van der Waals surface area contributed by atoms with E-state index in [1.54, 1.807) is 18.5 Å². The van der Waals surface area contributed by atoms with Gasteiger partial charge < -0.3 is 10.2 Å². The number of amides is 1. The Balaban J connectivity index is 1.65. The van der Waals surface area contributed by atoms with Gasteiger partial charge in [0.15, 0.2) is 0 Å². The summed E-state index contributed by atoms with van der Waals surface area (Å²) in [7, 11) is 0. The zero-order chi connectivity index (χ0) is 16.2. The number of carbonyl (C=O) groups excluding carboxylic acids is 1. The largest absolute Gasteiger partial charge is 0.356 e. The van der Waals surface area contributed by atoms with E-state index in [1.807, 2.05) is 13.0 Å². The van der Waals surface area contributed by atoms with Gasteiger partial charge in [0.25, 0.3) is 0 Å². The fraction of sp³-hybridized carbons (Fsp3) is 0.375. The number of piperidine rings is 1. The zero-order valence-electron chi connectivity index (χ0n) is 12.9. The van der Waals surface area contributed by atoms with Crippen molar-refractivity contribution in [3.05, 3.63) is 41.4 Å². The molecule has 1 N–H and O–H groups in total. The highest BCUT2D eigenvalue weighted by atomic mass is 35.5. The Bertz CT molecular complexity index is 691. The summed E-state index contributed by atoms with van der Waals surface area (Å²) >= 11 is 5.80. The van der Waals surface area contributed by atoms with Crippen molar-refractivity contribution in [2.75, 3.05) is 23.3 Å². The minimum atomic E-state index is -0.0866. The van der Waals surface area contributed by atoms with Crippen LogP contribution in [0.25, 0.3) is 0 Å². The molecule has 0 saturated carbocycles. The summed E-state index contributed by atoms with van der Waals surface area (Å²) in [5.41, 5.74) is 0.923. The number of anilines is 2. The number of nitrogens with one attached hydrogen (secondary N) is 1. The maximum absolute atomic E-state index is 12.5. The van der Waals surface area contributed by atoms with Gasteiger partial charge in [0, 0.05) is 31.0 Å². The highest BCUT2D eigenvalue weighted by Crippen LogP contribution is 2.23. The number of aryl methyl sites for hydroxylation is 1. The van der Waals surface area contributed by atoms with Crippen LogP contribution >= 0.6 is 11.6 Å². The summed E-state index contributed by atoms with van der Waals surface area (Å²) in [5.74, 6) is 1.29. The minimum Gasteiger partial charge on any atom is -0.356 e.